The zero-order chi connectivity index (χ0) is 14.0. The van der Waals surface area contributed by atoms with Crippen LogP contribution in [0.5, 0.6) is 0 Å². The molecule has 1 atom stereocenters. The molecule has 1 aromatic rings. The topological polar surface area (TPSA) is 64.2 Å². The Hall–Kier alpha value is -1.59. The Morgan fingerprint density at radius 1 is 1.42 bits per heavy atom. The van der Waals surface area contributed by atoms with Crippen LogP contribution in [0, 0.1) is 16.0 Å². The van der Waals surface area contributed by atoms with E-state index in [0.29, 0.717) is 23.9 Å². The first-order valence-electron chi connectivity index (χ1n) is 6.99. The number of aromatic nitrogens is 2. The lowest BCUT2D eigenvalue weighted by molar-refractivity contribution is -0.384. The summed E-state index contributed by atoms with van der Waals surface area (Å²) in [6, 6.07) is 0. The second-order valence-corrected chi connectivity index (χ2v) is 5.38. The van der Waals surface area contributed by atoms with Crippen LogP contribution in [0.3, 0.4) is 0 Å². The predicted octanol–water partition coefficient (Wildman–Crippen LogP) is 2.52. The van der Waals surface area contributed by atoms with E-state index in [1.54, 1.807) is 11.7 Å². The number of nitrogens with zero attached hydrogens (tertiary/aromatic N) is 4. The van der Waals surface area contributed by atoms with Crippen molar-refractivity contribution in [3.8, 4) is 0 Å². The van der Waals surface area contributed by atoms with Gasteiger partial charge >= 0.3 is 5.69 Å². The van der Waals surface area contributed by atoms with Gasteiger partial charge in [0.2, 0.25) is 5.82 Å². The second-order valence-electron chi connectivity index (χ2n) is 5.38. The van der Waals surface area contributed by atoms with Gasteiger partial charge in [0, 0.05) is 20.1 Å². The SMILES string of the molecule is CCc1nn(C)c(N2CCCC(C)CC2)c1[N+](=O)[O-]. The third kappa shape index (κ3) is 2.72. The van der Waals surface area contributed by atoms with Gasteiger partial charge in [0.05, 0.1) is 4.92 Å². The van der Waals surface area contributed by atoms with Crippen molar-refractivity contribution in [3.63, 3.8) is 0 Å². The minimum atomic E-state index is -0.282. The molecule has 106 valence electrons. The molecule has 2 heterocycles. The van der Waals surface area contributed by atoms with Crippen LogP contribution in [0.15, 0.2) is 0 Å². The summed E-state index contributed by atoms with van der Waals surface area (Å²) in [6.45, 7) is 5.92. The Bertz CT molecular complexity index is 469. The third-order valence-electron chi connectivity index (χ3n) is 3.90. The van der Waals surface area contributed by atoms with Gasteiger partial charge in [0.15, 0.2) is 0 Å². The van der Waals surface area contributed by atoms with E-state index in [1.807, 2.05) is 6.92 Å². The average molecular weight is 266 g/mol. The summed E-state index contributed by atoms with van der Waals surface area (Å²) in [5, 5.41) is 15.6. The Labute approximate surface area is 113 Å². The molecule has 0 saturated carbocycles. The van der Waals surface area contributed by atoms with E-state index < -0.39 is 0 Å². The van der Waals surface area contributed by atoms with Gasteiger partial charge in [-0.2, -0.15) is 5.10 Å². The lowest BCUT2D eigenvalue weighted by atomic mass is 10.0. The molecule has 1 fully saturated rings. The molecule has 1 aliphatic heterocycles. The molecule has 0 spiro atoms. The molecule has 6 heteroatoms. The smallest absolute Gasteiger partial charge is 0.334 e. The zero-order valence-electron chi connectivity index (χ0n) is 11.9. The van der Waals surface area contributed by atoms with E-state index in [0.717, 1.165) is 25.9 Å². The minimum absolute atomic E-state index is 0.194. The van der Waals surface area contributed by atoms with Gasteiger partial charge in [-0.25, -0.2) is 4.68 Å². The van der Waals surface area contributed by atoms with E-state index in [-0.39, 0.29) is 10.6 Å². The highest BCUT2D eigenvalue weighted by Gasteiger charge is 2.30. The van der Waals surface area contributed by atoms with Crippen LogP contribution in [-0.2, 0) is 13.5 Å². The van der Waals surface area contributed by atoms with Crippen molar-refractivity contribution in [2.75, 3.05) is 18.0 Å². The normalized spacial score (nSPS) is 20.4. The fraction of sp³-hybridized carbons (Fsp3) is 0.769. The van der Waals surface area contributed by atoms with Gasteiger partial charge in [0.25, 0.3) is 0 Å². The molecule has 6 nitrogen and oxygen atoms in total. The maximum absolute atomic E-state index is 11.3. The van der Waals surface area contributed by atoms with Crippen molar-refractivity contribution < 1.29 is 4.92 Å². The average Bonchev–Trinajstić information content (AvgIpc) is 2.55. The third-order valence-corrected chi connectivity index (χ3v) is 3.90. The molecule has 0 bridgehead atoms. The Kier molecular flexibility index (Phi) is 4.07. The highest BCUT2D eigenvalue weighted by atomic mass is 16.6. The highest BCUT2D eigenvalue weighted by molar-refractivity contribution is 5.61. The summed E-state index contributed by atoms with van der Waals surface area (Å²) in [5.41, 5.74) is 0.777. The molecule has 0 aromatic carbocycles. The number of rotatable bonds is 3. The first-order valence-corrected chi connectivity index (χ1v) is 6.99. The summed E-state index contributed by atoms with van der Waals surface area (Å²) in [7, 11) is 1.80. The maximum Gasteiger partial charge on any atom is 0.334 e. The molecule has 19 heavy (non-hydrogen) atoms. The van der Waals surface area contributed by atoms with Crippen molar-refractivity contribution in [3.05, 3.63) is 15.8 Å². The van der Waals surface area contributed by atoms with Gasteiger partial charge in [-0.05, 0) is 31.6 Å². The van der Waals surface area contributed by atoms with Crippen molar-refractivity contribution in [1.82, 2.24) is 9.78 Å². The van der Waals surface area contributed by atoms with E-state index >= 15 is 0 Å². The van der Waals surface area contributed by atoms with Crippen LogP contribution in [0.1, 0.15) is 38.8 Å². The number of anilines is 1. The Morgan fingerprint density at radius 2 is 2.16 bits per heavy atom. The van der Waals surface area contributed by atoms with Crippen molar-refractivity contribution in [2.45, 2.75) is 39.5 Å². The van der Waals surface area contributed by atoms with E-state index in [1.165, 1.54) is 6.42 Å². The van der Waals surface area contributed by atoms with Gasteiger partial charge in [-0.3, -0.25) is 10.1 Å². The van der Waals surface area contributed by atoms with Gasteiger partial charge in [-0.1, -0.05) is 13.8 Å². The summed E-state index contributed by atoms with van der Waals surface area (Å²) < 4.78 is 1.67. The molecule has 1 saturated heterocycles. The van der Waals surface area contributed by atoms with Gasteiger partial charge in [0.1, 0.15) is 5.69 Å². The van der Waals surface area contributed by atoms with Crippen LogP contribution in [0.2, 0.25) is 0 Å². The summed E-state index contributed by atoms with van der Waals surface area (Å²) in [6.07, 6.45) is 3.96. The second kappa shape index (κ2) is 5.59. The lowest BCUT2D eigenvalue weighted by Crippen LogP contribution is -2.27. The van der Waals surface area contributed by atoms with Crippen LogP contribution in [0.25, 0.3) is 0 Å². The minimum Gasteiger partial charge on any atom is -0.351 e. The van der Waals surface area contributed by atoms with E-state index in [2.05, 4.69) is 16.9 Å². The molecule has 1 aromatic heterocycles. The predicted molar refractivity (Wildman–Crippen MR) is 74.5 cm³/mol. The molecule has 2 rings (SSSR count). The van der Waals surface area contributed by atoms with Crippen LogP contribution in [0.4, 0.5) is 11.5 Å². The quantitative estimate of drug-likeness (QED) is 0.623. The van der Waals surface area contributed by atoms with Gasteiger partial charge < -0.3 is 4.90 Å². The molecule has 0 N–H and O–H groups in total. The standard InChI is InChI=1S/C13H22N4O2/c1-4-11-12(17(18)19)13(15(3)14-11)16-8-5-6-10(2)7-9-16/h10H,4-9H2,1-3H3. The summed E-state index contributed by atoms with van der Waals surface area (Å²) in [4.78, 5) is 13.2. The maximum atomic E-state index is 11.3. The fourth-order valence-electron chi connectivity index (χ4n) is 2.81. The number of hydrogen-bond donors (Lipinski definition) is 0. The first-order chi connectivity index (χ1) is 9.04. The molecule has 0 aliphatic carbocycles. The monoisotopic (exact) mass is 266 g/mol. The van der Waals surface area contributed by atoms with Crippen molar-refractivity contribution >= 4 is 11.5 Å². The highest BCUT2D eigenvalue weighted by Crippen LogP contribution is 2.33. The summed E-state index contributed by atoms with van der Waals surface area (Å²) in [5.74, 6) is 1.37. The Balaban J connectivity index is 2.37. The summed E-state index contributed by atoms with van der Waals surface area (Å²) >= 11 is 0. The first kappa shape index (κ1) is 13.8. The van der Waals surface area contributed by atoms with Crippen LogP contribution < -0.4 is 4.90 Å². The van der Waals surface area contributed by atoms with Crippen molar-refractivity contribution in [1.29, 1.82) is 0 Å². The zero-order valence-corrected chi connectivity index (χ0v) is 11.9. The van der Waals surface area contributed by atoms with Gasteiger partial charge in [-0.15, -0.1) is 0 Å². The Morgan fingerprint density at radius 3 is 2.79 bits per heavy atom. The van der Waals surface area contributed by atoms with E-state index in [4.69, 9.17) is 0 Å². The number of nitro groups is 1. The van der Waals surface area contributed by atoms with E-state index in [9.17, 15) is 10.1 Å². The molecule has 1 aliphatic rings. The number of hydrogen-bond acceptors (Lipinski definition) is 4. The molecular formula is C13H22N4O2. The fourth-order valence-corrected chi connectivity index (χ4v) is 2.81. The van der Waals surface area contributed by atoms with Crippen molar-refractivity contribution in [2.24, 2.45) is 13.0 Å². The molecule has 0 amide bonds. The molecule has 1 unspecified atom stereocenters. The molecule has 0 radical (unpaired) electrons. The molecular weight excluding hydrogens is 244 g/mol. The van der Waals surface area contributed by atoms with Crippen LogP contribution >= 0.6 is 0 Å². The number of aryl methyl sites for hydroxylation is 2. The van der Waals surface area contributed by atoms with Crippen LogP contribution in [-0.4, -0.2) is 27.8 Å². The lowest BCUT2D eigenvalue weighted by Gasteiger charge is -2.21. The largest absolute Gasteiger partial charge is 0.351 e.